The number of hydrogen-bond acceptors (Lipinski definition) is 4. The topological polar surface area (TPSA) is 47.9 Å². The molecule has 4 nitrogen and oxygen atoms in total. The summed E-state index contributed by atoms with van der Waals surface area (Å²) in [5, 5.41) is 10.7. The van der Waals surface area contributed by atoms with Crippen molar-refractivity contribution in [3.8, 4) is 17.2 Å². The monoisotopic (exact) mass is 286 g/mol. The molecule has 0 saturated heterocycles. The number of aliphatic hydroxyl groups is 1. The van der Waals surface area contributed by atoms with Crippen LogP contribution >= 0.6 is 0 Å². The third-order valence-electron chi connectivity index (χ3n) is 3.73. The number of rotatable bonds is 3. The van der Waals surface area contributed by atoms with Gasteiger partial charge in [0.2, 0.25) is 12.5 Å². The van der Waals surface area contributed by atoms with E-state index in [2.05, 4.69) is 0 Å². The van der Waals surface area contributed by atoms with Crippen LogP contribution in [0.2, 0.25) is 0 Å². The average molecular weight is 286 g/mol. The number of ether oxygens (including phenoxy) is 3. The predicted molar refractivity (Wildman–Crippen MR) is 79.1 cm³/mol. The lowest BCUT2D eigenvalue weighted by molar-refractivity contribution is 0.171. The Morgan fingerprint density at radius 1 is 1.14 bits per heavy atom. The highest BCUT2D eigenvalue weighted by Crippen LogP contribution is 2.44. The lowest BCUT2D eigenvalue weighted by Crippen LogP contribution is -2.03. The molecule has 0 aromatic heterocycles. The summed E-state index contributed by atoms with van der Waals surface area (Å²) in [7, 11) is 1.57. The zero-order valence-corrected chi connectivity index (χ0v) is 12.3. The molecular formula is C17H18O4. The van der Waals surface area contributed by atoms with Gasteiger partial charge < -0.3 is 19.3 Å². The fourth-order valence-electron chi connectivity index (χ4n) is 2.54. The van der Waals surface area contributed by atoms with Crippen LogP contribution in [0.15, 0.2) is 30.3 Å². The number of fused-ring (bicyclic) bond motifs is 1. The van der Waals surface area contributed by atoms with Crippen molar-refractivity contribution in [3.05, 3.63) is 52.6 Å². The molecule has 0 spiro atoms. The third-order valence-corrected chi connectivity index (χ3v) is 3.73. The van der Waals surface area contributed by atoms with Crippen molar-refractivity contribution in [3.63, 3.8) is 0 Å². The molecule has 1 aliphatic rings. The summed E-state index contributed by atoms with van der Waals surface area (Å²) in [6, 6.07) is 9.64. The van der Waals surface area contributed by atoms with Crippen LogP contribution in [0, 0.1) is 13.8 Å². The Hall–Kier alpha value is -2.20. The van der Waals surface area contributed by atoms with Crippen LogP contribution in [-0.4, -0.2) is 19.0 Å². The Balaban J connectivity index is 2.06. The second-order valence-corrected chi connectivity index (χ2v) is 5.22. The SMILES string of the molecule is COc1cc(C(O)c2cc(C)ccc2C)cc2c1OCO2. The minimum Gasteiger partial charge on any atom is -0.493 e. The number of aryl methyl sites for hydroxylation is 2. The molecule has 1 unspecified atom stereocenters. The number of benzene rings is 2. The summed E-state index contributed by atoms with van der Waals surface area (Å²) in [6.07, 6.45) is -0.728. The van der Waals surface area contributed by atoms with Gasteiger partial charge in [0.05, 0.1) is 7.11 Å². The van der Waals surface area contributed by atoms with E-state index in [4.69, 9.17) is 14.2 Å². The Morgan fingerprint density at radius 3 is 2.71 bits per heavy atom. The van der Waals surface area contributed by atoms with E-state index in [1.165, 1.54) is 0 Å². The molecular weight excluding hydrogens is 268 g/mol. The molecule has 0 radical (unpaired) electrons. The molecule has 1 atom stereocenters. The molecule has 2 aromatic carbocycles. The van der Waals surface area contributed by atoms with Gasteiger partial charge in [-0.15, -0.1) is 0 Å². The van der Waals surface area contributed by atoms with Crippen LogP contribution in [0.25, 0.3) is 0 Å². The Bertz CT molecular complexity index is 679. The van der Waals surface area contributed by atoms with E-state index in [1.807, 2.05) is 32.0 Å². The fraction of sp³-hybridized carbons (Fsp3) is 0.294. The molecule has 1 heterocycles. The van der Waals surface area contributed by atoms with Crippen LogP contribution in [0.5, 0.6) is 17.2 Å². The normalized spacial score (nSPS) is 14.1. The summed E-state index contributed by atoms with van der Waals surface area (Å²) in [4.78, 5) is 0. The molecule has 0 saturated carbocycles. The largest absolute Gasteiger partial charge is 0.493 e. The number of methoxy groups -OCH3 is 1. The van der Waals surface area contributed by atoms with Gasteiger partial charge in [0.25, 0.3) is 0 Å². The van der Waals surface area contributed by atoms with Crippen LogP contribution < -0.4 is 14.2 Å². The summed E-state index contributed by atoms with van der Waals surface area (Å²) in [6.45, 7) is 4.17. The van der Waals surface area contributed by atoms with Crippen molar-refractivity contribution in [1.82, 2.24) is 0 Å². The number of hydrogen-bond donors (Lipinski definition) is 1. The van der Waals surface area contributed by atoms with E-state index in [1.54, 1.807) is 19.2 Å². The summed E-state index contributed by atoms with van der Waals surface area (Å²) < 4.78 is 16.1. The van der Waals surface area contributed by atoms with Crippen LogP contribution in [0.3, 0.4) is 0 Å². The molecule has 0 fully saturated rings. The van der Waals surface area contributed by atoms with E-state index in [0.717, 1.165) is 22.3 Å². The zero-order chi connectivity index (χ0) is 15.0. The fourth-order valence-corrected chi connectivity index (χ4v) is 2.54. The van der Waals surface area contributed by atoms with Gasteiger partial charge >= 0.3 is 0 Å². The van der Waals surface area contributed by atoms with E-state index < -0.39 is 6.10 Å². The molecule has 1 aliphatic heterocycles. The van der Waals surface area contributed by atoms with E-state index in [-0.39, 0.29) is 6.79 Å². The van der Waals surface area contributed by atoms with Crippen LogP contribution in [0.1, 0.15) is 28.4 Å². The molecule has 2 aromatic rings. The second kappa shape index (κ2) is 5.30. The zero-order valence-electron chi connectivity index (χ0n) is 12.3. The van der Waals surface area contributed by atoms with E-state index >= 15 is 0 Å². The van der Waals surface area contributed by atoms with Gasteiger partial charge in [0, 0.05) is 0 Å². The molecule has 110 valence electrons. The van der Waals surface area contributed by atoms with Gasteiger partial charge in [0.15, 0.2) is 11.5 Å². The average Bonchev–Trinajstić information content (AvgIpc) is 2.96. The lowest BCUT2D eigenvalue weighted by atomic mass is 9.95. The third kappa shape index (κ3) is 2.43. The van der Waals surface area contributed by atoms with Crippen molar-refractivity contribution in [2.45, 2.75) is 20.0 Å². The Kier molecular flexibility index (Phi) is 3.47. The van der Waals surface area contributed by atoms with Crippen LogP contribution in [-0.2, 0) is 0 Å². The standard InChI is InChI=1S/C17H18O4/c1-10-4-5-11(2)13(6-10)16(18)12-7-14(19-3)17-15(8-12)20-9-21-17/h4-8,16,18H,9H2,1-3H3. The van der Waals surface area contributed by atoms with Crippen molar-refractivity contribution in [2.75, 3.05) is 13.9 Å². The van der Waals surface area contributed by atoms with Crippen molar-refractivity contribution in [2.24, 2.45) is 0 Å². The first-order chi connectivity index (χ1) is 10.1. The second-order valence-electron chi connectivity index (χ2n) is 5.22. The summed E-state index contributed by atoms with van der Waals surface area (Å²) in [5.41, 5.74) is 3.77. The highest BCUT2D eigenvalue weighted by molar-refractivity contribution is 5.56. The molecule has 21 heavy (non-hydrogen) atoms. The van der Waals surface area contributed by atoms with E-state index in [9.17, 15) is 5.11 Å². The number of aliphatic hydroxyl groups excluding tert-OH is 1. The molecule has 4 heteroatoms. The van der Waals surface area contributed by atoms with Crippen molar-refractivity contribution >= 4 is 0 Å². The first-order valence-electron chi connectivity index (χ1n) is 6.83. The quantitative estimate of drug-likeness (QED) is 0.941. The van der Waals surface area contributed by atoms with Gasteiger partial charge in [0.1, 0.15) is 6.10 Å². The van der Waals surface area contributed by atoms with Gasteiger partial charge in [-0.3, -0.25) is 0 Å². The minimum absolute atomic E-state index is 0.175. The minimum atomic E-state index is -0.728. The highest BCUT2D eigenvalue weighted by Gasteiger charge is 2.23. The molecule has 1 N–H and O–H groups in total. The summed E-state index contributed by atoms with van der Waals surface area (Å²) >= 11 is 0. The smallest absolute Gasteiger partial charge is 0.231 e. The maximum absolute atomic E-state index is 10.7. The Morgan fingerprint density at radius 2 is 1.95 bits per heavy atom. The Labute approximate surface area is 123 Å². The van der Waals surface area contributed by atoms with Gasteiger partial charge in [-0.2, -0.15) is 0 Å². The maximum Gasteiger partial charge on any atom is 0.231 e. The van der Waals surface area contributed by atoms with Crippen LogP contribution in [0.4, 0.5) is 0 Å². The summed E-state index contributed by atoms with van der Waals surface area (Å²) in [5.74, 6) is 1.77. The predicted octanol–water partition coefficient (Wildman–Crippen LogP) is 3.12. The molecule has 3 rings (SSSR count). The lowest BCUT2D eigenvalue weighted by Gasteiger charge is -2.16. The first kappa shape index (κ1) is 13.8. The highest BCUT2D eigenvalue weighted by atomic mass is 16.7. The molecule has 0 amide bonds. The van der Waals surface area contributed by atoms with E-state index in [0.29, 0.717) is 17.2 Å². The van der Waals surface area contributed by atoms with Gasteiger partial charge in [-0.1, -0.05) is 23.8 Å². The maximum atomic E-state index is 10.7. The van der Waals surface area contributed by atoms with Crippen molar-refractivity contribution < 1.29 is 19.3 Å². The molecule has 0 bridgehead atoms. The van der Waals surface area contributed by atoms with Crippen molar-refractivity contribution in [1.29, 1.82) is 0 Å². The first-order valence-corrected chi connectivity index (χ1v) is 6.83. The van der Waals surface area contributed by atoms with Gasteiger partial charge in [-0.05, 0) is 42.7 Å². The van der Waals surface area contributed by atoms with Gasteiger partial charge in [-0.25, -0.2) is 0 Å². The molecule has 0 aliphatic carbocycles.